The molecule has 1 saturated carbocycles. The molecule has 4 rings (SSSR count). The molecule has 0 heterocycles. The number of benzene rings is 2. The molecule has 0 aromatic heterocycles. The van der Waals surface area contributed by atoms with E-state index in [4.69, 9.17) is 5.41 Å². The molecule has 0 bridgehead atoms. The molecular formula is C25H25FN2OS. The number of carbonyl (C=O) groups excluding carboxylic acids is 1. The molecule has 1 amide bonds. The molecule has 0 radical (unpaired) electrons. The third-order valence-corrected chi connectivity index (χ3v) is 7.06. The number of carbonyl (C=O) groups is 1. The Bertz CT molecular complexity index is 1090. The number of hydrogen-bond donors (Lipinski definition) is 2. The van der Waals surface area contributed by atoms with Crippen LogP contribution in [0.4, 0.5) is 4.39 Å². The Morgan fingerprint density at radius 1 is 1.17 bits per heavy atom. The summed E-state index contributed by atoms with van der Waals surface area (Å²) in [5.74, 6) is -0.0694. The summed E-state index contributed by atoms with van der Waals surface area (Å²) >= 11 is 1.58. The summed E-state index contributed by atoms with van der Waals surface area (Å²) in [5, 5.41) is 11.6. The molecule has 154 valence electrons. The van der Waals surface area contributed by atoms with Crippen LogP contribution in [0.15, 0.2) is 76.1 Å². The van der Waals surface area contributed by atoms with Gasteiger partial charge in [0.15, 0.2) is 0 Å². The van der Waals surface area contributed by atoms with E-state index in [0.717, 1.165) is 16.2 Å². The summed E-state index contributed by atoms with van der Waals surface area (Å²) in [6, 6.07) is 14.1. The minimum Gasteiger partial charge on any atom is -0.353 e. The van der Waals surface area contributed by atoms with Gasteiger partial charge in [-0.05, 0) is 45.4 Å². The molecule has 2 unspecified atom stereocenters. The first-order valence-corrected chi connectivity index (χ1v) is 11.0. The second-order valence-corrected chi connectivity index (χ2v) is 9.34. The van der Waals surface area contributed by atoms with Crippen molar-refractivity contribution in [2.24, 2.45) is 11.3 Å². The maximum Gasteiger partial charge on any atom is 0.230 e. The predicted octanol–water partition coefficient (Wildman–Crippen LogP) is 5.71. The van der Waals surface area contributed by atoms with Crippen LogP contribution in [-0.2, 0) is 4.79 Å². The van der Waals surface area contributed by atoms with Crippen LogP contribution in [0.1, 0.15) is 38.3 Å². The van der Waals surface area contributed by atoms with Crippen LogP contribution in [0.3, 0.4) is 0 Å². The average molecular weight is 421 g/mol. The monoisotopic (exact) mass is 420 g/mol. The maximum atomic E-state index is 14.2. The maximum absolute atomic E-state index is 14.2. The molecule has 5 heteroatoms. The highest BCUT2D eigenvalue weighted by molar-refractivity contribution is 8.03. The molecule has 0 saturated heterocycles. The Kier molecular flexibility index (Phi) is 5.41. The third kappa shape index (κ3) is 3.63. The number of thioether (sulfide) groups is 1. The topological polar surface area (TPSA) is 53.0 Å². The quantitative estimate of drug-likeness (QED) is 0.588. The van der Waals surface area contributed by atoms with E-state index in [1.165, 1.54) is 11.6 Å². The van der Waals surface area contributed by atoms with Gasteiger partial charge in [-0.15, -0.1) is 0 Å². The fourth-order valence-corrected chi connectivity index (χ4v) is 5.16. The van der Waals surface area contributed by atoms with Gasteiger partial charge in [-0.3, -0.25) is 10.2 Å². The van der Waals surface area contributed by atoms with E-state index in [-0.39, 0.29) is 23.6 Å². The van der Waals surface area contributed by atoms with Crippen molar-refractivity contribution in [1.29, 1.82) is 5.41 Å². The van der Waals surface area contributed by atoms with E-state index in [1.807, 2.05) is 50.3 Å². The minimum atomic E-state index is -0.405. The summed E-state index contributed by atoms with van der Waals surface area (Å²) in [6.45, 7) is 6.04. The summed E-state index contributed by atoms with van der Waals surface area (Å²) in [6.07, 6.45) is 4.91. The van der Waals surface area contributed by atoms with Crippen LogP contribution in [0, 0.1) is 22.6 Å². The summed E-state index contributed by atoms with van der Waals surface area (Å²) in [4.78, 5) is 14.7. The van der Waals surface area contributed by atoms with E-state index in [1.54, 1.807) is 30.0 Å². The largest absolute Gasteiger partial charge is 0.353 e. The predicted molar refractivity (Wildman–Crippen MR) is 120 cm³/mol. The van der Waals surface area contributed by atoms with Gasteiger partial charge in [0, 0.05) is 32.9 Å². The van der Waals surface area contributed by atoms with E-state index in [2.05, 4.69) is 12.2 Å². The first-order valence-electron chi connectivity index (χ1n) is 10.1. The van der Waals surface area contributed by atoms with E-state index in [9.17, 15) is 9.18 Å². The van der Waals surface area contributed by atoms with Crippen molar-refractivity contribution in [2.75, 3.05) is 0 Å². The lowest BCUT2D eigenvalue weighted by molar-refractivity contribution is -0.125. The highest BCUT2D eigenvalue weighted by atomic mass is 32.2. The summed E-state index contributed by atoms with van der Waals surface area (Å²) in [5.41, 5.74) is 1.96. The van der Waals surface area contributed by atoms with Gasteiger partial charge in [-0.1, -0.05) is 59.8 Å². The molecule has 0 aliphatic heterocycles. The van der Waals surface area contributed by atoms with Gasteiger partial charge >= 0.3 is 0 Å². The van der Waals surface area contributed by atoms with Gasteiger partial charge in [0.2, 0.25) is 5.91 Å². The highest BCUT2D eigenvalue weighted by Crippen LogP contribution is 2.62. The van der Waals surface area contributed by atoms with Crippen molar-refractivity contribution in [3.63, 3.8) is 0 Å². The van der Waals surface area contributed by atoms with Gasteiger partial charge < -0.3 is 5.32 Å². The molecule has 2 atom stereocenters. The third-order valence-electron chi connectivity index (χ3n) is 5.81. The van der Waals surface area contributed by atoms with Crippen LogP contribution in [0.5, 0.6) is 0 Å². The molecule has 0 spiro atoms. The number of rotatable bonds is 6. The van der Waals surface area contributed by atoms with Gasteiger partial charge in [-0.2, -0.15) is 0 Å². The second kappa shape index (κ2) is 7.88. The van der Waals surface area contributed by atoms with Crippen molar-refractivity contribution in [3.05, 3.63) is 88.1 Å². The standard InChI is InChI=1S/C25H25FN2OS/c1-15(2)28-24(29)25-13-12-21(16(3)19(25)14-25)30-22-11-7-5-9-18(22)23(27)17-8-4-6-10-20(17)26/h4-13,15,19,27H,14H2,1-3H3,(H,28,29). The van der Waals surface area contributed by atoms with Crippen molar-refractivity contribution in [1.82, 2.24) is 5.32 Å². The fourth-order valence-electron chi connectivity index (χ4n) is 4.06. The normalized spacial score (nSPS) is 22.1. The van der Waals surface area contributed by atoms with Crippen molar-refractivity contribution >= 4 is 23.4 Å². The SMILES string of the molecule is CC1=C(Sc2ccccc2C(=N)c2ccccc2F)C=CC2(C(=O)NC(C)C)CC12. The zero-order valence-electron chi connectivity index (χ0n) is 17.3. The van der Waals surface area contributed by atoms with Crippen LogP contribution < -0.4 is 5.32 Å². The molecule has 2 aromatic carbocycles. The van der Waals surface area contributed by atoms with Crippen LogP contribution >= 0.6 is 11.8 Å². The first-order chi connectivity index (χ1) is 14.3. The second-order valence-electron chi connectivity index (χ2n) is 8.26. The average Bonchev–Trinajstić information content (AvgIpc) is 3.47. The summed E-state index contributed by atoms with van der Waals surface area (Å²) < 4.78 is 14.2. The smallest absolute Gasteiger partial charge is 0.230 e. The van der Waals surface area contributed by atoms with Crippen LogP contribution in [0.25, 0.3) is 0 Å². The first kappa shape index (κ1) is 20.6. The number of amides is 1. The number of nitrogens with one attached hydrogen (secondary N) is 2. The molecule has 2 aromatic rings. The molecule has 2 N–H and O–H groups in total. The number of allylic oxidation sites excluding steroid dienone is 2. The molecule has 2 aliphatic carbocycles. The number of halogens is 1. The van der Waals surface area contributed by atoms with Crippen molar-refractivity contribution in [2.45, 2.75) is 38.1 Å². The van der Waals surface area contributed by atoms with E-state index in [0.29, 0.717) is 11.1 Å². The fraction of sp³-hybridized carbons (Fsp3) is 0.280. The zero-order valence-corrected chi connectivity index (χ0v) is 18.1. The molecular weight excluding hydrogens is 395 g/mol. The minimum absolute atomic E-state index is 0.101. The number of fused-ring (bicyclic) bond motifs is 1. The molecule has 30 heavy (non-hydrogen) atoms. The number of hydrogen-bond acceptors (Lipinski definition) is 3. The Labute approximate surface area is 181 Å². The van der Waals surface area contributed by atoms with Gasteiger partial charge in [-0.25, -0.2) is 4.39 Å². The molecule has 1 fully saturated rings. The van der Waals surface area contributed by atoms with Crippen LogP contribution in [-0.4, -0.2) is 17.7 Å². The summed E-state index contributed by atoms with van der Waals surface area (Å²) in [7, 11) is 0. The molecule has 2 aliphatic rings. The Morgan fingerprint density at radius 2 is 1.83 bits per heavy atom. The van der Waals surface area contributed by atoms with Gasteiger partial charge in [0.1, 0.15) is 5.82 Å². The lowest BCUT2D eigenvalue weighted by atomic mass is 9.93. The van der Waals surface area contributed by atoms with Crippen molar-refractivity contribution in [3.8, 4) is 0 Å². The lowest BCUT2D eigenvalue weighted by Gasteiger charge is -2.21. The van der Waals surface area contributed by atoms with Crippen LogP contribution in [0.2, 0.25) is 0 Å². The Balaban J connectivity index is 1.59. The lowest BCUT2D eigenvalue weighted by Crippen LogP contribution is -2.37. The Hall–Kier alpha value is -2.66. The van der Waals surface area contributed by atoms with E-state index >= 15 is 0 Å². The molecule has 3 nitrogen and oxygen atoms in total. The van der Waals surface area contributed by atoms with Gasteiger partial charge in [0.25, 0.3) is 0 Å². The Morgan fingerprint density at radius 3 is 2.53 bits per heavy atom. The van der Waals surface area contributed by atoms with Crippen molar-refractivity contribution < 1.29 is 9.18 Å². The zero-order chi connectivity index (χ0) is 21.5. The van der Waals surface area contributed by atoms with E-state index < -0.39 is 11.2 Å². The van der Waals surface area contributed by atoms with Gasteiger partial charge in [0.05, 0.1) is 11.1 Å². The highest BCUT2D eigenvalue weighted by Gasteiger charge is 2.60.